The molecule has 128 valence electrons. The molecule has 0 aromatic heterocycles. The number of aliphatic hydroxyl groups excluding tert-OH is 2. The van der Waals surface area contributed by atoms with Gasteiger partial charge in [0.25, 0.3) is 0 Å². The van der Waals surface area contributed by atoms with Gasteiger partial charge >= 0.3 is 0 Å². The summed E-state index contributed by atoms with van der Waals surface area (Å²) in [5.74, 6) is 0.0717. The molecule has 0 aliphatic heterocycles. The van der Waals surface area contributed by atoms with Crippen molar-refractivity contribution in [2.24, 2.45) is 17.6 Å². The van der Waals surface area contributed by atoms with Crippen LogP contribution in [0.2, 0.25) is 0 Å². The molecule has 0 aromatic rings. The molecule has 2 atom stereocenters. The van der Waals surface area contributed by atoms with Gasteiger partial charge in [-0.25, -0.2) is 0 Å². The van der Waals surface area contributed by atoms with E-state index in [1.54, 1.807) is 0 Å². The summed E-state index contributed by atoms with van der Waals surface area (Å²) >= 11 is 0. The van der Waals surface area contributed by atoms with Gasteiger partial charge in [0.2, 0.25) is 0 Å². The highest BCUT2D eigenvalue weighted by Gasteiger charge is 2.36. The number of hydrogen-bond donors (Lipinski definition) is 3. The lowest BCUT2D eigenvalue weighted by atomic mass is 9.73. The lowest BCUT2D eigenvalue weighted by Crippen LogP contribution is -2.54. The molecule has 4 N–H and O–H groups in total. The Hall–Kier alpha value is -0.120. The van der Waals surface area contributed by atoms with Crippen LogP contribution in [0.4, 0.5) is 0 Å². The van der Waals surface area contributed by atoms with Crippen molar-refractivity contribution in [3.63, 3.8) is 0 Å². The molecule has 0 heterocycles. The fraction of sp³-hybridized carbons (Fsp3) is 1.00. The molecule has 0 spiro atoms. The highest BCUT2D eigenvalue weighted by molar-refractivity contribution is 4.93. The first-order chi connectivity index (χ1) is 10.0. The molecule has 0 rings (SSSR count). The van der Waals surface area contributed by atoms with Gasteiger partial charge in [0.05, 0.1) is 0 Å². The molecule has 0 amide bonds. The van der Waals surface area contributed by atoms with Gasteiger partial charge in [-0.1, -0.05) is 78.6 Å². The fourth-order valence-electron chi connectivity index (χ4n) is 3.06. The third-order valence-corrected chi connectivity index (χ3v) is 5.10. The van der Waals surface area contributed by atoms with Crippen LogP contribution in [0.25, 0.3) is 0 Å². The van der Waals surface area contributed by atoms with Gasteiger partial charge in [-0.15, -0.1) is 0 Å². The fourth-order valence-corrected chi connectivity index (χ4v) is 3.06. The van der Waals surface area contributed by atoms with Crippen molar-refractivity contribution in [2.45, 2.75) is 90.5 Å². The summed E-state index contributed by atoms with van der Waals surface area (Å²) in [6.07, 6.45) is 12.6. The summed E-state index contributed by atoms with van der Waals surface area (Å²) in [4.78, 5) is 0. The van der Waals surface area contributed by atoms with Crippen LogP contribution in [0, 0.1) is 11.8 Å². The van der Waals surface area contributed by atoms with Crippen LogP contribution in [0.5, 0.6) is 0 Å². The summed E-state index contributed by atoms with van der Waals surface area (Å²) in [7, 11) is 0. The van der Waals surface area contributed by atoms with Gasteiger partial charge < -0.3 is 15.9 Å². The van der Waals surface area contributed by atoms with E-state index in [1.807, 2.05) is 13.8 Å². The van der Waals surface area contributed by atoms with Crippen molar-refractivity contribution >= 4 is 0 Å². The van der Waals surface area contributed by atoms with Crippen molar-refractivity contribution in [3.8, 4) is 0 Å². The first-order valence-corrected chi connectivity index (χ1v) is 9.03. The van der Waals surface area contributed by atoms with E-state index >= 15 is 0 Å². The van der Waals surface area contributed by atoms with Gasteiger partial charge in [-0.2, -0.15) is 0 Å². The summed E-state index contributed by atoms with van der Waals surface area (Å²) in [6, 6.07) is 0. The first-order valence-electron chi connectivity index (χ1n) is 9.03. The van der Waals surface area contributed by atoms with Crippen LogP contribution in [0.1, 0.15) is 85.0 Å². The Morgan fingerprint density at radius 3 is 1.52 bits per heavy atom. The SMILES string of the molecule is CCCCCCCCCCCC(N)(C(C)CO)C(C)CO. The minimum absolute atomic E-state index is 0.0358. The third kappa shape index (κ3) is 8.18. The van der Waals surface area contributed by atoms with Crippen molar-refractivity contribution in [2.75, 3.05) is 13.2 Å². The Morgan fingerprint density at radius 1 is 0.762 bits per heavy atom. The highest BCUT2D eigenvalue weighted by Crippen LogP contribution is 2.29. The van der Waals surface area contributed by atoms with Gasteiger partial charge in [-0.3, -0.25) is 0 Å². The molecule has 0 aromatic carbocycles. The van der Waals surface area contributed by atoms with E-state index in [1.165, 1.54) is 51.4 Å². The molecule has 0 aliphatic rings. The van der Waals surface area contributed by atoms with Crippen LogP contribution >= 0.6 is 0 Å². The smallest absolute Gasteiger partial charge is 0.0474 e. The predicted molar refractivity (Wildman–Crippen MR) is 91.3 cm³/mol. The van der Waals surface area contributed by atoms with E-state index in [4.69, 9.17) is 5.73 Å². The maximum Gasteiger partial charge on any atom is 0.0474 e. The molecule has 0 bridgehead atoms. The standard InChI is InChI=1S/C18H39NO2/c1-4-5-6-7-8-9-10-11-12-13-18(19,16(2)14-20)17(3)15-21/h16-17,20-21H,4-15,19H2,1-3H3. The molecular weight excluding hydrogens is 262 g/mol. The minimum atomic E-state index is -0.440. The Balaban J connectivity index is 3.84. The van der Waals surface area contributed by atoms with Gasteiger partial charge in [0.1, 0.15) is 0 Å². The number of hydrogen-bond acceptors (Lipinski definition) is 3. The largest absolute Gasteiger partial charge is 0.396 e. The third-order valence-electron chi connectivity index (χ3n) is 5.10. The zero-order valence-corrected chi connectivity index (χ0v) is 14.6. The Labute approximate surface area is 132 Å². The Bertz CT molecular complexity index is 223. The quantitative estimate of drug-likeness (QED) is 0.427. The second-order valence-corrected chi connectivity index (χ2v) is 6.86. The zero-order chi connectivity index (χ0) is 16.1. The minimum Gasteiger partial charge on any atom is -0.396 e. The molecule has 0 radical (unpaired) electrons. The molecule has 3 heteroatoms. The van der Waals surface area contributed by atoms with Crippen LogP contribution < -0.4 is 5.73 Å². The molecule has 0 aliphatic carbocycles. The molecule has 0 saturated heterocycles. The van der Waals surface area contributed by atoms with Gasteiger partial charge in [0, 0.05) is 18.8 Å². The number of aliphatic hydroxyl groups is 2. The number of rotatable bonds is 14. The molecule has 21 heavy (non-hydrogen) atoms. The van der Waals surface area contributed by atoms with Crippen molar-refractivity contribution in [3.05, 3.63) is 0 Å². The Kier molecular flexibility index (Phi) is 12.4. The van der Waals surface area contributed by atoms with Crippen molar-refractivity contribution in [1.82, 2.24) is 0 Å². The van der Waals surface area contributed by atoms with Crippen LogP contribution in [-0.4, -0.2) is 29.0 Å². The topological polar surface area (TPSA) is 66.5 Å². The summed E-state index contributed by atoms with van der Waals surface area (Å²) in [5, 5.41) is 18.8. The van der Waals surface area contributed by atoms with Crippen LogP contribution in [-0.2, 0) is 0 Å². The highest BCUT2D eigenvalue weighted by atomic mass is 16.3. The normalized spacial score (nSPS) is 17.4. The average Bonchev–Trinajstić information content (AvgIpc) is 2.51. The summed E-state index contributed by atoms with van der Waals surface area (Å²) in [5.41, 5.74) is 6.04. The lowest BCUT2D eigenvalue weighted by molar-refractivity contribution is 0.0778. The van der Waals surface area contributed by atoms with E-state index in [-0.39, 0.29) is 25.0 Å². The van der Waals surface area contributed by atoms with E-state index in [0.717, 1.165) is 12.8 Å². The van der Waals surface area contributed by atoms with Crippen LogP contribution in [0.15, 0.2) is 0 Å². The monoisotopic (exact) mass is 301 g/mol. The average molecular weight is 302 g/mol. The Morgan fingerprint density at radius 2 is 1.14 bits per heavy atom. The second-order valence-electron chi connectivity index (χ2n) is 6.86. The molecule has 0 fully saturated rings. The number of nitrogens with two attached hydrogens (primary N) is 1. The molecule has 2 unspecified atom stereocenters. The van der Waals surface area contributed by atoms with Crippen molar-refractivity contribution < 1.29 is 10.2 Å². The predicted octanol–water partition coefficient (Wildman–Crippen LogP) is 3.86. The van der Waals surface area contributed by atoms with Gasteiger partial charge in [0.15, 0.2) is 0 Å². The van der Waals surface area contributed by atoms with Crippen molar-refractivity contribution in [1.29, 1.82) is 0 Å². The number of unbranched alkanes of at least 4 members (excludes halogenated alkanes) is 8. The maximum absolute atomic E-state index is 9.40. The summed E-state index contributed by atoms with van der Waals surface area (Å²) < 4.78 is 0. The van der Waals surface area contributed by atoms with E-state index in [0.29, 0.717) is 0 Å². The molecular formula is C18H39NO2. The zero-order valence-electron chi connectivity index (χ0n) is 14.6. The second kappa shape index (κ2) is 12.4. The molecule has 0 saturated carbocycles. The lowest BCUT2D eigenvalue weighted by Gasteiger charge is -2.39. The molecule has 3 nitrogen and oxygen atoms in total. The summed E-state index contributed by atoms with van der Waals surface area (Å²) in [6.45, 7) is 6.41. The van der Waals surface area contributed by atoms with E-state index < -0.39 is 5.54 Å². The first kappa shape index (κ1) is 20.9. The van der Waals surface area contributed by atoms with E-state index in [2.05, 4.69) is 6.92 Å². The maximum atomic E-state index is 9.40. The van der Waals surface area contributed by atoms with E-state index in [9.17, 15) is 10.2 Å². The van der Waals surface area contributed by atoms with Gasteiger partial charge in [-0.05, 0) is 18.3 Å². The van der Waals surface area contributed by atoms with Crippen LogP contribution in [0.3, 0.4) is 0 Å².